The van der Waals surface area contributed by atoms with Crippen molar-refractivity contribution in [1.29, 1.82) is 0 Å². The van der Waals surface area contributed by atoms with Crippen molar-refractivity contribution in [3.63, 3.8) is 0 Å². The second kappa shape index (κ2) is 4.55. The molecule has 0 saturated carbocycles. The van der Waals surface area contributed by atoms with E-state index in [1.807, 2.05) is 13.8 Å². The second-order valence-electron chi connectivity index (χ2n) is 3.62. The first kappa shape index (κ1) is 12.5. The Bertz CT molecular complexity index is 375. The summed E-state index contributed by atoms with van der Waals surface area (Å²) >= 11 is 0. The lowest BCUT2D eigenvalue weighted by Crippen LogP contribution is -2.11. The van der Waals surface area contributed by atoms with Gasteiger partial charge in [0.2, 0.25) is 0 Å². The molecule has 0 aliphatic carbocycles. The van der Waals surface area contributed by atoms with Crippen LogP contribution in [0, 0.1) is 0 Å². The van der Waals surface area contributed by atoms with Crippen molar-refractivity contribution >= 4 is 11.4 Å². The summed E-state index contributed by atoms with van der Waals surface area (Å²) in [4.78, 5) is 0. The third-order valence-corrected chi connectivity index (χ3v) is 1.92. The Morgan fingerprint density at radius 1 is 1.12 bits per heavy atom. The highest BCUT2D eigenvalue weighted by Gasteiger charge is 2.30. The third-order valence-electron chi connectivity index (χ3n) is 1.92. The summed E-state index contributed by atoms with van der Waals surface area (Å²) in [7, 11) is 1.69. The molecule has 0 unspecified atom stereocenters. The molecular formula is C11H13F3N2. The van der Waals surface area contributed by atoms with Crippen LogP contribution in [-0.4, -0.2) is 12.8 Å². The maximum atomic E-state index is 12.3. The molecule has 5 heteroatoms. The molecule has 0 aliphatic rings. The van der Waals surface area contributed by atoms with Crippen LogP contribution in [0.1, 0.15) is 19.4 Å². The van der Waals surface area contributed by atoms with Crippen LogP contribution in [-0.2, 0) is 6.18 Å². The van der Waals surface area contributed by atoms with Crippen LogP contribution in [0.5, 0.6) is 0 Å². The molecule has 0 amide bonds. The first-order valence-electron chi connectivity index (χ1n) is 4.73. The van der Waals surface area contributed by atoms with Crippen molar-refractivity contribution < 1.29 is 13.2 Å². The number of alkyl halides is 3. The average Bonchev–Trinajstić information content (AvgIpc) is 2.15. The van der Waals surface area contributed by atoms with Crippen molar-refractivity contribution in [1.82, 2.24) is 0 Å². The minimum absolute atomic E-state index is 0.620. The molecule has 0 spiro atoms. The third kappa shape index (κ3) is 3.25. The van der Waals surface area contributed by atoms with Gasteiger partial charge in [-0.25, -0.2) is 0 Å². The lowest BCUT2D eigenvalue weighted by molar-refractivity contribution is -0.137. The van der Waals surface area contributed by atoms with Crippen LogP contribution in [0.25, 0.3) is 0 Å². The highest BCUT2D eigenvalue weighted by molar-refractivity contribution is 5.80. The lowest BCUT2D eigenvalue weighted by Gasteiger charge is -2.14. The van der Waals surface area contributed by atoms with Gasteiger partial charge in [-0.15, -0.1) is 0 Å². The topological polar surface area (TPSA) is 15.6 Å². The van der Waals surface area contributed by atoms with Crippen LogP contribution in [0.15, 0.2) is 29.4 Å². The molecule has 0 saturated heterocycles. The van der Waals surface area contributed by atoms with Crippen LogP contribution in [0.2, 0.25) is 0 Å². The summed E-state index contributed by atoms with van der Waals surface area (Å²) in [5.74, 6) is 0. The monoisotopic (exact) mass is 230 g/mol. The molecule has 0 fully saturated rings. The number of hydrogen-bond donors (Lipinski definition) is 0. The van der Waals surface area contributed by atoms with Crippen molar-refractivity contribution in [2.45, 2.75) is 20.0 Å². The largest absolute Gasteiger partial charge is 0.416 e. The minimum Gasteiger partial charge on any atom is -0.269 e. The van der Waals surface area contributed by atoms with Crippen molar-refractivity contribution in [3.05, 3.63) is 29.8 Å². The molecule has 88 valence electrons. The van der Waals surface area contributed by atoms with E-state index >= 15 is 0 Å². The summed E-state index contributed by atoms with van der Waals surface area (Å²) in [6, 6.07) is 4.89. The molecule has 0 aromatic heterocycles. The van der Waals surface area contributed by atoms with Crippen LogP contribution < -0.4 is 5.01 Å². The molecule has 0 N–H and O–H groups in total. The number of hydrogen-bond acceptors (Lipinski definition) is 2. The van der Waals surface area contributed by atoms with Gasteiger partial charge in [-0.05, 0) is 38.1 Å². The van der Waals surface area contributed by atoms with Gasteiger partial charge in [0.05, 0.1) is 11.3 Å². The fourth-order valence-electron chi connectivity index (χ4n) is 1.22. The van der Waals surface area contributed by atoms with E-state index in [1.165, 1.54) is 17.1 Å². The van der Waals surface area contributed by atoms with E-state index < -0.39 is 11.7 Å². The molecule has 2 nitrogen and oxygen atoms in total. The number of benzene rings is 1. The first-order valence-corrected chi connectivity index (χ1v) is 4.73. The number of hydrazone groups is 1. The molecule has 0 atom stereocenters. The van der Waals surface area contributed by atoms with Gasteiger partial charge in [-0.1, -0.05) is 0 Å². The first-order chi connectivity index (χ1) is 7.30. The van der Waals surface area contributed by atoms with E-state index in [9.17, 15) is 13.2 Å². The molecule has 1 aromatic carbocycles. The standard InChI is InChI=1S/C11H13F3N2/c1-8(2)15-16(3)10-6-4-9(5-7-10)11(12,13)14/h4-7H,1-3H3. The Kier molecular flexibility index (Phi) is 3.57. The summed E-state index contributed by atoms with van der Waals surface area (Å²) < 4.78 is 36.9. The van der Waals surface area contributed by atoms with Crippen LogP contribution in [0.4, 0.5) is 18.9 Å². The molecule has 0 heterocycles. The molecule has 0 aliphatic heterocycles. The Morgan fingerprint density at radius 3 is 2.00 bits per heavy atom. The van der Waals surface area contributed by atoms with Gasteiger partial charge < -0.3 is 0 Å². The van der Waals surface area contributed by atoms with Gasteiger partial charge in [0.1, 0.15) is 0 Å². The van der Waals surface area contributed by atoms with Gasteiger partial charge in [0, 0.05) is 12.8 Å². The number of rotatable bonds is 2. The average molecular weight is 230 g/mol. The quantitative estimate of drug-likeness (QED) is 0.560. The second-order valence-corrected chi connectivity index (χ2v) is 3.62. The summed E-state index contributed by atoms with van der Waals surface area (Å²) in [5.41, 5.74) is 0.804. The molecule has 16 heavy (non-hydrogen) atoms. The number of anilines is 1. The SMILES string of the molecule is CC(C)=NN(C)c1ccc(C(F)(F)F)cc1. The van der Waals surface area contributed by atoms with E-state index in [-0.39, 0.29) is 0 Å². The number of nitrogens with zero attached hydrogens (tertiary/aromatic N) is 2. The fraction of sp³-hybridized carbons (Fsp3) is 0.364. The van der Waals surface area contributed by atoms with Gasteiger partial charge >= 0.3 is 6.18 Å². The van der Waals surface area contributed by atoms with E-state index in [2.05, 4.69) is 5.10 Å². The highest BCUT2D eigenvalue weighted by atomic mass is 19.4. The zero-order valence-electron chi connectivity index (χ0n) is 9.34. The fourth-order valence-corrected chi connectivity index (χ4v) is 1.22. The van der Waals surface area contributed by atoms with Gasteiger partial charge in [0.15, 0.2) is 0 Å². The maximum absolute atomic E-state index is 12.3. The zero-order chi connectivity index (χ0) is 12.3. The highest BCUT2D eigenvalue weighted by Crippen LogP contribution is 2.30. The van der Waals surface area contributed by atoms with Crippen molar-refractivity contribution in [3.8, 4) is 0 Å². The van der Waals surface area contributed by atoms with Crippen LogP contribution in [0.3, 0.4) is 0 Å². The number of halogens is 3. The summed E-state index contributed by atoms with van der Waals surface area (Å²) in [6.45, 7) is 3.64. The predicted octanol–water partition coefficient (Wildman–Crippen LogP) is 3.54. The Hall–Kier alpha value is -1.52. The van der Waals surface area contributed by atoms with Gasteiger partial charge in [-0.3, -0.25) is 5.01 Å². The summed E-state index contributed by atoms with van der Waals surface area (Å²) in [6.07, 6.45) is -4.29. The molecule has 0 bridgehead atoms. The maximum Gasteiger partial charge on any atom is 0.416 e. The smallest absolute Gasteiger partial charge is 0.269 e. The van der Waals surface area contributed by atoms with E-state index in [1.54, 1.807) is 7.05 Å². The molecular weight excluding hydrogens is 217 g/mol. The van der Waals surface area contributed by atoms with Crippen LogP contribution >= 0.6 is 0 Å². The molecule has 1 rings (SSSR count). The molecule has 1 aromatic rings. The summed E-state index contributed by atoms with van der Waals surface area (Å²) in [5, 5.41) is 5.65. The van der Waals surface area contributed by atoms with Crippen molar-refractivity contribution in [2.75, 3.05) is 12.1 Å². The Labute approximate surface area is 92.4 Å². The zero-order valence-corrected chi connectivity index (χ0v) is 9.34. The van der Waals surface area contributed by atoms with Crippen molar-refractivity contribution in [2.24, 2.45) is 5.10 Å². The Balaban J connectivity index is 2.91. The lowest BCUT2D eigenvalue weighted by atomic mass is 10.2. The van der Waals surface area contributed by atoms with Gasteiger partial charge in [-0.2, -0.15) is 18.3 Å². The Morgan fingerprint density at radius 2 is 1.62 bits per heavy atom. The molecule has 0 radical (unpaired) electrons. The minimum atomic E-state index is -4.29. The predicted molar refractivity (Wildman–Crippen MR) is 58.6 cm³/mol. The van der Waals surface area contributed by atoms with E-state index in [0.29, 0.717) is 5.69 Å². The normalized spacial score (nSPS) is 11.1. The van der Waals surface area contributed by atoms with Gasteiger partial charge in [0.25, 0.3) is 0 Å². The van der Waals surface area contributed by atoms with E-state index in [0.717, 1.165) is 17.8 Å². The van der Waals surface area contributed by atoms with E-state index in [4.69, 9.17) is 0 Å².